The van der Waals surface area contributed by atoms with Crippen LogP contribution in [0.25, 0.3) is 6.08 Å². The Morgan fingerprint density at radius 1 is 1.13 bits per heavy atom. The predicted molar refractivity (Wildman–Crippen MR) is 91.3 cm³/mol. The van der Waals surface area contributed by atoms with E-state index in [1.54, 1.807) is 6.08 Å². The first-order valence-electron chi connectivity index (χ1n) is 6.82. The Morgan fingerprint density at radius 3 is 2.57 bits per heavy atom. The van der Waals surface area contributed by atoms with Gasteiger partial charge in [-0.25, -0.2) is 0 Å². The maximum atomic E-state index is 11.5. The van der Waals surface area contributed by atoms with Gasteiger partial charge in [0.2, 0.25) is 0 Å². The Labute approximate surface area is 142 Å². The SMILES string of the molecule is O=C1NC(=O)/C(=C/c2ccc(OCc3cccc(Cl)c3)cc2)S1. The number of ether oxygens (including phenoxy) is 1. The van der Waals surface area contributed by atoms with Crippen molar-refractivity contribution in [3.05, 3.63) is 69.6 Å². The summed E-state index contributed by atoms with van der Waals surface area (Å²) in [5, 5.41) is 2.55. The van der Waals surface area contributed by atoms with Gasteiger partial charge in [0, 0.05) is 5.02 Å². The molecule has 116 valence electrons. The van der Waals surface area contributed by atoms with Crippen LogP contribution in [-0.4, -0.2) is 11.1 Å². The third kappa shape index (κ3) is 4.15. The summed E-state index contributed by atoms with van der Waals surface area (Å²) in [5.74, 6) is 0.355. The van der Waals surface area contributed by atoms with Crippen LogP contribution in [0.1, 0.15) is 11.1 Å². The summed E-state index contributed by atoms with van der Waals surface area (Å²) in [6.45, 7) is 0.424. The van der Waals surface area contributed by atoms with Crippen LogP contribution in [0.15, 0.2) is 53.4 Å². The van der Waals surface area contributed by atoms with Crippen molar-refractivity contribution in [2.24, 2.45) is 0 Å². The number of halogens is 1. The molecule has 0 unspecified atom stereocenters. The van der Waals surface area contributed by atoms with E-state index in [-0.39, 0.29) is 11.1 Å². The van der Waals surface area contributed by atoms with Gasteiger partial charge in [-0.15, -0.1) is 0 Å². The second-order valence-corrected chi connectivity index (χ2v) is 6.29. The third-order valence-corrected chi connectivity index (χ3v) is 4.16. The Bertz CT molecular complexity index is 787. The molecular formula is C17H12ClNO3S. The van der Waals surface area contributed by atoms with Gasteiger partial charge >= 0.3 is 0 Å². The molecule has 2 aromatic carbocycles. The molecule has 0 atom stereocenters. The molecule has 0 saturated carbocycles. The summed E-state index contributed by atoms with van der Waals surface area (Å²) in [6, 6.07) is 14.8. The van der Waals surface area contributed by atoms with E-state index < -0.39 is 0 Å². The van der Waals surface area contributed by atoms with Crippen molar-refractivity contribution in [3.8, 4) is 5.75 Å². The Balaban J connectivity index is 1.64. The summed E-state index contributed by atoms with van der Waals surface area (Å²) in [7, 11) is 0. The van der Waals surface area contributed by atoms with Crippen LogP contribution < -0.4 is 10.1 Å². The van der Waals surface area contributed by atoms with E-state index in [0.29, 0.717) is 22.3 Å². The van der Waals surface area contributed by atoms with Gasteiger partial charge in [0.1, 0.15) is 12.4 Å². The summed E-state index contributed by atoms with van der Waals surface area (Å²) in [5.41, 5.74) is 1.81. The van der Waals surface area contributed by atoms with E-state index in [1.165, 1.54) is 0 Å². The van der Waals surface area contributed by atoms with Crippen molar-refractivity contribution in [2.45, 2.75) is 6.61 Å². The van der Waals surface area contributed by atoms with Crippen molar-refractivity contribution in [1.29, 1.82) is 0 Å². The minimum Gasteiger partial charge on any atom is -0.489 e. The molecule has 0 aliphatic carbocycles. The standard InChI is InChI=1S/C17H12ClNO3S/c18-13-3-1-2-12(8-13)10-22-14-6-4-11(5-7-14)9-15-16(20)19-17(21)23-15/h1-9H,10H2,(H,19,20,21)/b15-9-. The number of nitrogens with one attached hydrogen (secondary N) is 1. The highest BCUT2D eigenvalue weighted by molar-refractivity contribution is 8.18. The Kier molecular flexibility index (Phi) is 4.69. The van der Waals surface area contributed by atoms with Crippen LogP contribution in [0, 0.1) is 0 Å². The molecule has 0 radical (unpaired) electrons. The number of rotatable bonds is 4. The van der Waals surface area contributed by atoms with Crippen LogP contribution in [0.5, 0.6) is 5.75 Å². The van der Waals surface area contributed by atoms with Crippen LogP contribution in [0.2, 0.25) is 5.02 Å². The summed E-state index contributed by atoms with van der Waals surface area (Å²) < 4.78 is 5.69. The molecule has 1 aliphatic heterocycles. The number of hydrogen-bond acceptors (Lipinski definition) is 4. The van der Waals surface area contributed by atoms with Crippen LogP contribution in [0.3, 0.4) is 0 Å². The number of carbonyl (C=O) groups excluding carboxylic acids is 2. The van der Waals surface area contributed by atoms with Gasteiger partial charge < -0.3 is 4.74 Å². The van der Waals surface area contributed by atoms with Crippen molar-refractivity contribution < 1.29 is 14.3 Å². The van der Waals surface area contributed by atoms with Crippen LogP contribution in [-0.2, 0) is 11.4 Å². The molecule has 2 amide bonds. The normalized spacial score (nSPS) is 15.8. The lowest BCUT2D eigenvalue weighted by atomic mass is 10.2. The van der Waals surface area contributed by atoms with Crippen LogP contribution >= 0.6 is 23.4 Å². The number of amides is 2. The average Bonchev–Trinajstić information content (AvgIpc) is 2.84. The van der Waals surface area contributed by atoms with E-state index in [0.717, 1.165) is 22.9 Å². The first kappa shape index (κ1) is 15.6. The van der Waals surface area contributed by atoms with Gasteiger partial charge in [0.15, 0.2) is 0 Å². The van der Waals surface area contributed by atoms with Crippen molar-refractivity contribution >= 4 is 40.6 Å². The second-order valence-electron chi connectivity index (χ2n) is 4.84. The number of benzene rings is 2. The summed E-state index contributed by atoms with van der Waals surface area (Å²) in [6.07, 6.45) is 1.67. The smallest absolute Gasteiger partial charge is 0.290 e. The molecule has 1 fully saturated rings. The first-order chi connectivity index (χ1) is 11.1. The molecule has 4 nitrogen and oxygen atoms in total. The second kappa shape index (κ2) is 6.89. The Morgan fingerprint density at radius 2 is 1.91 bits per heavy atom. The lowest BCUT2D eigenvalue weighted by Gasteiger charge is -2.07. The molecule has 1 N–H and O–H groups in total. The fourth-order valence-electron chi connectivity index (χ4n) is 2.03. The van der Waals surface area contributed by atoms with E-state index in [2.05, 4.69) is 5.32 Å². The largest absolute Gasteiger partial charge is 0.489 e. The molecule has 0 spiro atoms. The zero-order chi connectivity index (χ0) is 16.2. The van der Waals surface area contributed by atoms with Gasteiger partial charge in [0.25, 0.3) is 11.1 Å². The molecule has 6 heteroatoms. The van der Waals surface area contributed by atoms with Gasteiger partial charge in [-0.1, -0.05) is 35.9 Å². The third-order valence-electron chi connectivity index (χ3n) is 3.11. The monoisotopic (exact) mass is 345 g/mol. The number of hydrogen-bond donors (Lipinski definition) is 1. The first-order valence-corrected chi connectivity index (χ1v) is 8.02. The van der Waals surface area contributed by atoms with Crippen molar-refractivity contribution in [2.75, 3.05) is 0 Å². The van der Waals surface area contributed by atoms with Gasteiger partial charge in [0.05, 0.1) is 4.91 Å². The molecule has 1 heterocycles. The quantitative estimate of drug-likeness (QED) is 0.842. The fourth-order valence-corrected chi connectivity index (χ4v) is 2.92. The highest BCUT2D eigenvalue weighted by atomic mass is 35.5. The van der Waals surface area contributed by atoms with Crippen molar-refractivity contribution in [1.82, 2.24) is 5.32 Å². The van der Waals surface area contributed by atoms with E-state index in [4.69, 9.17) is 16.3 Å². The molecule has 0 aromatic heterocycles. The van der Waals surface area contributed by atoms with Crippen molar-refractivity contribution in [3.63, 3.8) is 0 Å². The van der Waals surface area contributed by atoms with E-state index in [9.17, 15) is 9.59 Å². The molecular weight excluding hydrogens is 334 g/mol. The van der Waals surface area contributed by atoms with E-state index in [1.807, 2.05) is 48.5 Å². The number of carbonyl (C=O) groups is 2. The Hall–Kier alpha value is -2.24. The molecule has 3 rings (SSSR count). The van der Waals surface area contributed by atoms with Gasteiger partial charge in [-0.05, 0) is 53.2 Å². The maximum absolute atomic E-state index is 11.5. The lowest BCUT2D eigenvalue weighted by molar-refractivity contribution is -0.115. The lowest BCUT2D eigenvalue weighted by Crippen LogP contribution is -2.17. The minimum absolute atomic E-state index is 0.345. The molecule has 23 heavy (non-hydrogen) atoms. The van der Waals surface area contributed by atoms with Gasteiger partial charge in [-0.3, -0.25) is 14.9 Å². The number of thioether (sulfide) groups is 1. The zero-order valence-corrected chi connectivity index (χ0v) is 13.5. The fraction of sp³-hybridized carbons (Fsp3) is 0.0588. The molecule has 2 aromatic rings. The molecule has 1 saturated heterocycles. The minimum atomic E-state index is -0.360. The highest BCUT2D eigenvalue weighted by Crippen LogP contribution is 2.26. The molecule has 1 aliphatic rings. The summed E-state index contributed by atoms with van der Waals surface area (Å²) >= 11 is 6.83. The number of imide groups is 1. The maximum Gasteiger partial charge on any atom is 0.290 e. The zero-order valence-electron chi connectivity index (χ0n) is 11.9. The predicted octanol–water partition coefficient (Wildman–Crippen LogP) is 4.24. The summed E-state index contributed by atoms with van der Waals surface area (Å²) in [4.78, 5) is 23.0. The van der Waals surface area contributed by atoms with Gasteiger partial charge in [-0.2, -0.15) is 0 Å². The average molecular weight is 346 g/mol. The highest BCUT2D eigenvalue weighted by Gasteiger charge is 2.24. The van der Waals surface area contributed by atoms with E-state index >= 15 is 0 Å². The molecule has 0 bridgehead atoms. The van der Waals surface area contributed by atoms with Crippen LogP contribution in [0.4, 0.5) is 4.79 Å². The topological polar surface area (TPSA) is 55.4 Å².